The quantitative estimate of drug-likeness (QED) is 0.731. The summed E-state index contributed by atoms with van der Waals surface area (Å²) in [5.41, 5.74) is 4.25. The second-order valence-corrected chi connectivity index (χ2v) is 6.59. The van der Waals surface area contributed by atoms with Crippen LogP contribution in [0.3, 0.4) is 0 Å². The van der Waals surface area contributed by atoms with Crippen LogP contribution in [0.15, 0.2) is 48.8 Å². The second kappa shape index (κ2) is 6.71. The number of rotatable bonds is 3. The molecular formula is C20H21N5O. The zero-order chi connectivity index (χ0) is 18.1. The summed E-state index contributed by atoms with van der Waals surface area (Å²) in [6.45, 7) is 4.44. The van der Waals surface area contributed by atoms with Crippen LogP contribution in [0, 0.1) is 6.92 Å². The van der Waals surface area contributed by atoms with Crippen molar-refractivity contribution in [2.45, 2.75) is 32.7 Å². The maximum absolute atomic E-state index is 13.4. The monoisotopic (exact) mass is 347 g/mol. The van der Waals surface area contributed by atoms with Crippen LogP contribution in [0.25, 0.3) is 0 Å². The SMILES string of the molecule is CCc1nnc(C)cc1C(=O)N1CC(n2cccn2)Cc2ccccc21. The molecule has 0 bridgehead atoms. The van der Waals surface area contributed by atoms with Gasteiger partial charge in [0.05, 0.1) is 23.0 Å². The molecule has 1 aromatic carbocycles. The molecule has 132 valence electrons. The van der Waals surface area contributed by atoms with Gasteiger partial charge in [0.2, 0.25) is 0 Å². The first-order valence-corrected chi connectivity index (χ1v) is 8.89. The molecule has 0 fully saturated rings. The van der Waals surface area contributed by atoms with Crippen molar-refractivity contribution in [1.29, 1.82) is 0 Å². The van der Waals surface area contributed by atoms with Gasteiger partial charge in [-0.2, -0.15) is 15.3 Å². The van der Waals surface area contributed by atoms with E-state index < -0.39 is 0 Å². The van der Waals surface area contributed by atoms with Gasteiger partial charge >= 0.3 is 0 Å². The predicted molar refractivity (Wildman–Crippen MR) is 99.2 cm³/mol. The van der Waals surface area contributed by atoms with Crippen molar-refractivity contribution in [3.05, 3.63) is 71.3 Å². The first kappa shape index (κ1) is 16.4. The Morgan fingerprint density at radius 3 is 2.85 bits per heavy atom. The summed E-state index contributed by atoms with van der Waals surface area (Å²) in [5.74, 6) is -0.0239. The second-order valence-electron chi connectivity index (χ2n) is 6.59. The molecule has 1 aliphatic heterocycles. The van der Waals surface area contributed by atoms with Crippen LogP contribution >= 0.6 is 0 Å². The minimum Gasteiger partial charge on any atom is -0.306 e. The lowest BCUT2D eigenvalue weighted by atomic mass is 9.96. The molecule has 3 heterocycles. The Kier molecular flexibility index (Phi) is 4.24. The molecule has 0 saturated carbocycles. The normalized spacial score (nSPS) is 16.4. The lowest BCUT2D eigenvalue weighted by Gasteiger charge is -2.35. The molecular weight excluding hydrogens is 326 g/mol. The Balaban J connectivity index is 1.77. The van der Waals surface area contributed by atoms with Gasteiger partial charge in [-0.3, -0.25) is 9.48 Å². The minimum atomic E-state index is -0.0239. The number of carbonyl (C=O) groups excluding carboxylic acids is 1. The molecule has 6 heteroatoms. The topological polar surface area (TPSA) is 63.9 Å². The van der Waals surface area contributed by atoms with Crippen molar-refractivity contribution in [3.8, 4) is 0 Å². The van der Waals surface area contributed by atoms with Gasteiger partial charge in [0.25, 0.3) is 5.91 Å². The number of carbonyl (C=O) groups is 1. The van der Waals surface area contributed by atoms with E-state index in [4.69, 9.17) is 0 Å². The molecule has 1 unspecified atom stereocenters. The summed E-state index contributed by atoms with van der Waals surface area (Å²) < 4.78 is 1.94. The van der Waals surface area contributed by atoms with Gasteiger partial charge in [-0.25, -0.2) is 0 Å². The van der Waals surface area contributed by atoms with E-state index in [1.165, 1.54) is 0 Å². The molecule has 2 aromatic heterocycles. The lowest BCUT2D eigenvalue weighted by molar-refractivity contribution is 0.0978. The molecule has 4 rings (SSSR count). The van der Waals surface area contributed by atoms with Crippen LogP contribution in [0.5, 0.6) is 0 Å². The van der Waals surface area contributed by atoms with Crippen LogP contribution in [-0.4, -0.2) is 32.4 Å². The number of nitrogens with zero attached hydrogens (tertiary/aromatic N) is 5. The van der Waals surface area contributed by atoms with Crippen LogP contribution in [0.4, 0.5) is 5.69 Å². The first-order chi connectivity index (χ1) is 12.7. The number of hydrogen-bond donors (Lipinski definition) is 0. The maximum Gasteiger partial charge on any atom is 0.260 e. The van der Waals surface area contributed by atoms with E-state index in [2.05, 4.69) is 21.4 Å². The molecule has 1 aliphatic rings. The fourth-order valence-electron chi connectivity index (χ4n) is 3.55. The Hall–Kier alpha value is -3.02. The summed E-state index contributed by atoms with van der Waals surface area (Å²) in [4.78, 5) is 15.3. The van der Waals surface area contributed by atoms with Crippen molar-refractivity contribution < 1.29 is 4.79 Å². The van der Waals surface area contributed by atoms with E-state index in [9.17, 15) is 4.79 Å². The van der Waals surface area contributed by atoms with Gasteiger partial charge in [0.15, 0.2) is 0 Å². The average molecular weight is 347 g/mol. The molecule has 0 radical (unpaired) electrons. The smallest absolute Gasteiger partial charge is 0.260 e. The summed E-state index contributed by atoms with van der Waals surface area (Å²) in [6.07, 6.45) is 5.26. The molecule has 0 saturated heterocycles. The number of benzene rings is 1. The highest BCUT2D eigenvalue weighted by molar-refractivity contribution is 6.07. The van der Waals surface area contributed by atoms with E-state index in [1.54, 1.807) is 6.20 Å². The third kappa shape index (κ3) is 2.87. The van der Waals surface area contributed by atoms with Crippen LogP contribution in [-0.2, 0) is 12.8 Å². The first-order valence-electron chi connectivity index (χ1n) is 8.89. The van der Waals surface area contributed by atoms with E-state index in [0.29, 0.717) is 18.5 Å². The van der Waals surface area contributed by atoms with E-state index in [1.807, 2.05) is 60.0 Å². The minimum absolute atomic E-state index is 0.0239. The van der Waals surface area contributed by atoms with Crippen LogP contribution in [0.2, 0.25) is 0 Å². The molecule has 6 nitrogen and oxygen atoms in total. The van der Waals surface area contributed by atoms with Gasteiger partial charge in [-0.05, 0) is 43.5 Å². The third-order valence-corrected chi connectivity index (χ3v) is 4.83. The average Bonchev–Trinajstić information content (AvgIpc) is 3.21. The molecule has 1 amide bonds. The zero-order valence-electron chi connectivity index (χ0n) is 15.0. The van der Waals surface area contributed by atoms with Crippen molar-refractivity contribution in [2.24, 2.45) is 0 Å². The summed E-state index contributed by atoms with van der Waals surface area (Å²) in [7, 11) is 0. The number of hydrogen-bond acceptors (Lipinski definition) is 4. The van der Waals surface area contributed by atoms with Gasteiger partial charge < -0.3 is 4.90 Å². The van der Waals surface area contributed by atoms with E-state index in [0.717, 1.165) is 29.1 Å². The fraction of sp³-hybridized carbons (Fsp3) is 0.300. The van der Waals surface area contributed by atoms with Crippen LogP contribution in [0.1, 0.15) is 40.3 Å². The summed E-state index contributed by atoms with van der Waals surface area (Å²) in [5, 5.41) is 12.7. The highest BCUT2D eigenvalue weighted by Gasteiger charge is 2.31. The molecule has 26 heavy (non-hydrogen) atoms. The van der Waals surface area contributed by atoms with Gasteiger partial charge in [0, 0.05) is 24.6 Å². The maximum atomic E-state index is 13.4. The lowest BCUT2D eigenvalue weighted by Crippen LogP contribution is -2.41. The fourth-order valence-corrected chi connectivity index (χ4v) is 3.55. The van der Waals surface area contributed by atoms with Gasteiger partial charge in [-0.1, -0.05) is 25.1 Å². The van der Waals surface area contributed by atoms with Gasteiger partial charge in [0.1, 0.15) is 0 Å². The number of amides is 1. The molecule has 0 aliphatic carbocycles. The third-order valence-electron chi connectivity index (χ3n) is 4.83. The molecule has 0 spiro atoms. The number of fused-ring (bicyclic) bond motifs is 1. The highest BCUT2D eigenvalue weighted by atomic mass is 16.2. The Morgan fingerprint density at radius 2 is 2.08 bits per heavy atom. The standard InChI is InChI=1S/C20H21N5O/c1-3-18-17(11-14(2)22-23-18)20(26)24-13-16(25-10-6-9-21-25)12-15-7-4-5-8-19(15)24/h4-11,16H,3,12-13H2,1-2H3. The van der Waals surface area contributed by atoms with Crippen molar-refractivity contribution in [2.75, 3.05) is 11.4 Å². The molecule has 3 aromatic rings. The summed E-state index contributed by atoms with van der Waals surface area (Å²) in [6, 6.07) is 12.0. The number of aryl methyl sites for hydroxylation is 2. The number of anilines is 1. The van der Waals surface area contributed by atoms with E-state index >= 15 is 0 Å². The zero-order valence-corrected chi connectivity index (χ0v) is 15.0. The Labute approximate surface area is 152 Å². The van der Waals surface area contributed by atoms with Gasteiger partial charge in [-0.15, -0.1) is 0 Å². The van der Waals surface area contributed by atoms with E-state index in [-0.39, 0.29) is 11.9 Å². The van der Waals surface area contributed by atoms with Crippen molar-refractivity contribution in [1.82, 2.24) is 20.0 Å². The Morgan fingerprint density at radius 1 is 1.23 bits per heavy atom. The van der Waals surface area contributed by atoms with Crippen molar-refractivity contribution >= 4 is 11.6 Å². The molecule has 1 atom stereocenters. The predicted octanol–water partition coefficient (Wildman–Crippen LogP) is 2.99. The highest BCUT2D eigenvalue weighted by Crippen LogP contribution is 2.33. The Bertz CT molecular complexity index is 935. The number of aromatic nitrogens is 4. The molecule has 0 N–H and O–H groups in total. The number of para-hydroxylation sites is 1. The van der Waals surface area contributed by atoms with Crippen molar-refractivity contribution in [3.63, 3.8) is 0 Å². The van der Waals surface area contributed by atoms with Crippen LogP contribution < -0.4 is 4.90 Å². The largest absolute Gasteiger partial charge is 0.306 e. The summed E-state index contributed by atoms with van der Waals surface area (Å²) >= 11 is 0.